The summed E-state index contributed by atoms with van der Waals surface area (Å²) in [6.45, 7) is 0. The zero-order chi connectivity index (χ0) is 11.8. The Morgan fingerprint density at radius 1 is 1.18 bits per heavy atom. The first-order valence-electron chi connectivity index (χ1n) is 5.37. The third-order valence-electron chi connectivity index (χ3n) is 2.83. The van der Waals surface area contributed by atoms with Crippen LogP contribution in [0.25, 0.3) is 22.2 Å². The number of hydrogen-bond acceptors (Lipinski definition) is 3. The second-order valence-electron chi connectivity index (χ2n) is 4.00. The van der Waals surface area contributed by atoms with Crippen molar-refractivity contribution in [3.05, 3.63) is 42.9 Å². The molecule has 0 fully saturated rings. The smallest absolute Gasteiger partial charge is 0.140 e. The monoisotopic (exact) mass is 224 g/mol. The van der Waals surface area contributed by atoms with Crippen molar-refractivity contribution in [3.63, 3.8) is 0 Å². The standard InChI is InChI=1S/C13H12N4/c1-17-8-11(9-4-6-15-12(14)7-9)10-3-2-5-16-13(10)17/h2-8H,1H3,(H2,14,15). The van der Waals surface area contributed by atoms with Crippen LogP contribution >= 0.6 is 0 Å². The number of rotatable bonds is 1. The molecule has 0 aliphatic heterocycles. The highest BCUT2D eigenvalue weighted by Gasteiger charge is 2.08. The minimum atomic E-state index is 0.531. The van der Waals surface area contributed by atoms with Crippen molar-refractivity contribution in [2.75, 3.05) is 5.73 Å². The van der Waals surface area contributed by atoms with E-state index < -0.39 is 0 Å². The number of fused-ring (bicyclic) bond motifs is 1. The molecule has 2 N–H and O–H groups in total. The Morgan fingerprint density at radius 3 is 2.88 bits per heavy atom. The Labute approximate surface area is 98.7 Å². The van der Waals surface area contributed by atoms with Gasteiger partial charge >= 0.3 is 0 Å². The minimum absolute atomic E-state index is 0.531. The van der Waals surface area contributed by atoms with Crippen LogP contribution < -0.4 is 5.73 Å². The molecular weight excluding hydrogens is 212 g/mol. The van der Waals surface area contributed by atoms with Crippen LogP contribution in [0.15, 0.2) is 42.9 Å². The first-order valence-corrected chi connectivity index (χ1v) is 5.37. The van der Waals surface area contributed by atoms with Crippen LogP contribution in [0.5, 0.6) is 0 Å². The van der Waals surface area contributed by atoms with Crippen molar-refractivity contribution < 1.29 is 0 Å². The maximum atomic E-state index is 5.71. The molecule has 17 heavy (non-hydrogen) atoms. The summed E-state index contributed by atoms with van der Waals surface area (Å²) in [5.41, 5.74) is 8.88. The van der Waals surface area contributed by atoms with Gasteiger partial charge in [0.2, 0.25) is 0 Å². The van der Waals surface area contributed by atoms with Gasteiger partial charge in [-0.1, -0.05) is 0 Å². The topological polar surface area (TPSA) is 56.7 Å². The van der Waals surface area contributed by atoms with Gasteiger partial charge < -0.3 is 10.3 Å². The van der Waals surface area contributed by atoms with Crippen molar-refractivity contribution in [3.8, 4) is 11.1 Å². The van der Waals surface area contributed by atoms with E-state index in [-0.39, 0.29) is 0 Å². The minimum Gasteiger partial charge on any atom is -0.384 e. The molecule has 0 aliphatic rings. The number of hydrogen-bond donors (Lipinski definition) is 1. The van der Waals surface area contributed by atoms with Gasteiger partial charge in [0.05, 0.1) is 0 Å². The van der Waals surface area contributed by atoms with Crippen LogP contribution in [0.4, 0.5) is 5.82 Å². The molecule has 3 rings (SSSR count). The first-order chi connectivity index (χ1) is 8.25. The molecule has 3 aromatic heterocycles. The third kappa shape index (κ3) is 1.54. The molecule has 0 bridgehead atoms. The quantitative estimate of drug-likeness (QED) is 0.689. The van der Waals surface area contributed by atoms with E-state index in [1.54, 1.807) is 12.4 Å². The van der Waals surface area contributed by atoms with Gasteiger partial charge in [-0.25, -0.2) is 9.97 Å². The lowest BCUT2D eigenvalue weighted by Crippen LogP contribution is -1.88. The molecule has 0 aromatic carbocycles. The first kappa shape index (κ1) is 9.84. The lowest BCUT2D eigenvalue weighted by Gasteiger charge is -1.99. The Bertz CT molecular complexity index is 685. The lowest BCUT2D eigenvalue weighted by molar-refractivity contribution is 0.949. The highest BCUT2D eigenvalue weighted by molar-refractivity contribution is 5.94. The van der Waals surface area contributed by atoms with Crippen LogP contribution in [-0.2, 0) is 7.05 Å². The summed E-state index contributed by atoms with van der Waals surface area (Å²) < 4.78 is 2.02. The van der Waals surface area contributed by atoms with Crippen molar-refractivity contribution in [2.45, 2.75) is 0 Å². The summed E-state index contributed by atoms with van der Waals surface area (Å²) in [6.07, 6.45) is 5.58. The average molecular weight is 224 g/mol. The maximum absolute atomic E-state index is 5.71. The number of aromatic nitrogens is 3. The van der Waals surface area contributed by atoms with Crippen LogP contribution in [0.1, 0.15) is 0 Å². The Kier molecular flexibility index (Phi) is 2.08. The van der Waals surface area contributed by atoms with E-state index in [0.717, 1.165) is 22.2 Å². The van der Waals surface area contributed by atoms with Gasteiger partial charge in [-0.2, -0.15) is 0 Å². The summed E-state index contributed by atoms with van der Waals surface area (Å²) >= 11 is 0. The molecule has 0 saturated carbocycles. The molecule has 0 amide bonds. The fourth-order valence-electron chi connectivity index (χ4n) is 2.06. The number of nitrogen functional groups attached to an aromatic ring is 1. The molecule has 84 valence electrons. The van der Waals surface area contributed by atoms with Gasteiger partial charge in [0.15, 0.2) is 0 Å². The van der Waals surface area contributed by atoms with Crippen LogP contribution in [0, 0.1) is 0 Å². The van der Waals surface area contributed by atoms with E-state index in [2.05, 4.69) is 22.2 Å². The number of anilines is 1. The van der Waals surface area contributed by atoms with Crippen LogP contribution in [0.3, 0.4) is 0 Å². The summed E-state index contributed by atoms with van der Waals surface area (Å²) in [5.74, 6) is 0.531. The SMILES string of the molecule is Cn1cc(-c2ccnc(N)c2)c2cccnc21. The normalized spacial score (nSPS) is 10.9. The Balaban J connectivity index is 2.31. The zero-order valence-corrected chi connectivity index (χ0v) is 9.46. The maximum Gasteiger partial charge on any atom is 0.140 e. The molecule has 0 saturated heterocycles. The van der Waals surface area contributed by atoms with Gasteiger partial charge in [-0.15, -0.1) is 0 Å². The van der Waals surface area contributed by atoms with Crippen molar-refractivity contribution in [1.29, 1.82) is 0 Å². The van der Waals surface area contributed by atoms with Crippen molar-refractivity contribution in [2.24, 2.45) is 7.05 Å². The number of pyridine rings is 2. The van der Waals surface area contributed by atoms with E-state index in [1.165, 1.54) is 0 Å². The van der Waals surface area contributed by atoms with Gasteiger partial charge in [-0.3, -0.25) is 0 Å². The molecule has 4 heteroatoms. The second-order valence-corrected chi connectivity index (χ2v) is 4.00. The van der Waals surface area contributed by atoms with E-state index in [9.17, 15) is 0 Å². The Morgan fingerprint density at radius 2 is 2.06 bits per heavy atom. The highest BCUT2D eigenvalue weighted by Crippen LogP contribution is 2.29. The molecule has 4 nitrogen and oxygen atoms in total. The lowest BCUT2D eigenvalue weighted by atomic mass is 10.1. The number of nitrogens with two attached hydrogens (primary N) is 1. The summed E-state index contributed by atoms with van der Waals surface area (Å²) in [4.78, 5) is 8.37. The highest BCUT2D eigenvalue weighted by atomic mass is 15.0. The van der Waals surface area contributed by atoms with E-state index >= 15 is 0 Å². The predicted octanol–water partition coefficient (Wildman–Crippen LogP) is 2.22. The summed E-state index contributed by atoms with van der Waals surface area (Å²) in [7, 11) is 1.99. The average Bonchev–Trinajstić information content (AvgIpc) is 2.68. The number of aryl methyl sites for hydroxylation is 1. The van der Waals surface area contributed by atoms with Crippen LogP contribution in [-0.4, -0.2) is 14.5 Å². The molecule has 0 unspecified atom stereocenters. The number of nitrogens with zero attached hydrogens (tertiary/aromatic N) is 3. The molecule has 0 atom stereocenters. The van der Waals surface area contributed by atoms with E-state index in [0.29, 0.717) is 5.82 Å². The van der Waals surface area contributed by atoms with Gasteiger partial charge in [-0.05, 0) is 29.8 Å². The zero-order valence-electron chi connectivity index (χ0n) is 9.46. The van der Waals surface area contributed by atoms with E-state index in [1.807, 2.05) is 29.8 Å². The summed E-state index contributed by atoms with van der Waals surface area (Å²) in [5, 5.41) is 1.13. The largest absolute Gasteiger partial charge is 0.384 e. The molecule has 3 aromatic rings. The van der Waals surface area contributed by atoms with Crippen molar-refractivity contribution in [1.82, 2.24) is 14.5 Å². The summed E-state index contributed by atoms with van der Waals surface area (Å²) in [6, 6.07) is 7.84. The molecule has 0 radical (unpaired) electrons. The molecular formula is C13H12N4. The van der Waals surface area contributed by atoms with Gasteiger partial charge in [0.1, 0.15) is 11.5 Å². The van der Waals surface area contributed by atoms with Gasteiger partial charge in [0, 0.05) is 36.6 Å². The fourth-order valence-corrected chi connectivity index (χ4v) is 2.06. The molecule has 3 heterocycles. The van der Waals surface area contributed by atoms with Gasteiger partial charge in [0.25, 0.3) is 0 Å². The van der Waals surface area contributed by atoms with Crippen molar-refractivity contribution >= 4 is 16.9 Å². The van der Waals surface area contributed by atoms with E-state index in [4.69, 9.17) is 5.73 Å². The molecule has 0 spiro atoms. The molecule has 0 aliphatic carbocycles. The second kappa shape index (κ2) is 3.59. The predicted molar refractivity (Wildman–Crippen MR) is 68.4 cm³/mol. The van der Waals surface area contributed by atoms with Crippen LogP contribution in [0.2, 0.25) is 0 Å². The Hall–Kier alpha value is -2.36. The third-order valence-corrected chi connectivity index (χ3v) is 2.83. The fraction of sp³-hybridized carbons (Fsp3) is 0.0769.